The Hall–Kier alpha value is -1.36. The Kier molecular flexibility index (Phi) is 3.02. The van der Waals surface area contributed by atoms with Crippen LogP contribution in [0.15, 0.2) is 12.2 Å². The van der Waals surface area contributed by atoms with Crippen molar-refractivity contribution in [2.24, 2.45) is 0 Å². The van der Waals surface area contributed by atoms with Gasteiger partial charge in [0.25, 0.3) is 0 Å². The van der Waals surface area contributed by atoms with Crippen LogP contribution in [0.25, 0.3) is 0 Å². The van der Waals surface area contributed by atoms with Gasteiger partial charge in [0.05, 0.1) is 6.61 Å². The highest BCUT2D eigenvalue weighted by atomic mass is 16.6. The van der Waals surface area contributed by atoms with E-state index in [0.717, 1.165) is 12.2 Å². The number of hydrogen-bond donors (Lipinski definition) is 1. The van der Waals surface area contributed by atoms with E-state index in [4.69, 9.17) is 14.6 Å². The number of ether oxygens (including phenoxy) is 2. The van der Waals surface area contributed by atoms with Gasteiger partial charge in [-0.25, -0.2) is 9.59 Å². The Morgan fingerprint density at radius 1 is 1.62 bits per heavy atom. The average molecular weight is 186 g/mol. The van der Waals surface area contributed by atoms with E-state index in [2.05, 4.69) is 0 Å². The van der Waals surface area contributed by atoms with Gasteiger partial charge in [-0.2, -0.15) is 0 Å². The van der Waals surface area contributed by atoms with Gasteiger partial charge in [0.15, 0.2) is 0 Å². The third kappa shape index (κ3) is 3.71. The lowest BCUT2D eigenvalue weighted by molar-refractivity contribution is -0.143. The molecule has 13 heavy (non-hydrogen) atoms. The van der Waals surface area contributed by atoms with Crippen LogP contribution in [0, 0.1) is 0 Å². The van der Waals surface area contributed by atoms with Gasteiger partial charge in [-0.15, -0.1) is 0 Å². The van der Waals surface area contributed by atoms with E-state index in [1.54, 1.807) is 6.92 Å². The molecule has 5 nitrogen and oxygen atoms in total. The molecule has 0 aromatic carbocycles. The molecule has 0 amide bonds. The summed E-state index contributed by atoms with van der Waals surface area (Å²) >= 11 is 0. The standard InChI is InChI=1S/C8H10O5/c1-5(6-4-12-6)13-8(11)3-2-7(9)10/h2-3,5-6H,4H2,1H3,(H,9,10). The number of esters is 1. The van der Waals surface area contributed by atoms with Crippen LogP contribution in [0.5, 0.6) is 0 Å². The first kappa shape index (κ1) is 9.73. The van der Waals surface area contributed by atoms with E-state index in [9.17, 15) is 9.59 Å². The summed E-state index contributed by atoms with van der Waals surface area (Å²) in [5.41, 5.74) is 0. The van der Waals surface area contributed by atoms with Gasteiger partial charge >= 0.3 is 11.9 Å². The maximum absolute atomic E-state index is 10.9. The Labute approximate surface area is 74.9 Å². The van der Waals surface area contributed by atoms with Crippen molar-refractivity contribution >= 4 is 11.9 Å². The van der Waals surface area contributed by atoms with Gasteiger partial charge < -0.3 is 14.6 Å². The molecule has 0 aliphatic carbocycles. The average Bonchev–Trinajstić information content (AvgIpc) is 2.82. The summed E-state index contributed by atoms with van der Waals surface area (Å²) in [5.74, 6) is -1.84. The molecule has 0 spiro atoms. The minimum atomic E-state index is -1.17. The fourth-order valence-electron chi connectivity index (χ4n) is 0.764. The monoisotopic (exact) mass is 186 g/mol. The zero-order valence-electron chi connectivity index (χ0n) is 7.10. The summed E-state index contributed by atoms with van der Waals surface area (Å²) < 4.78 is 9.69. The number of carbonyl (C=O) groups excluding carboxylic acids is 1. The molecule has 0 saturated carbocycles. The molecule has 1 saturated heterocycles. The van der Waals surface area contributed by atoms with Crippen LogP contribution in [-0.2, 0) is 19.1 Å². The van der Waals surface area contributed by atoms with Crippen LogP contribution < -0.4 is 0 Å². The lowest BCUT2D eigenvalue weighted by Crippen LogP contribution is -2.18. The highest BCUT2D eigenvalue weighted by molar-refractivity contribution is 5.90. The fourth-order valence-corrected chi connectivity index (χ4v) is 0.764. The molecular formula is C8H10O5. The van der Waals surface area contributed by atoms with Gasteiger partial charge in [-0.05, 0) is 6.92 Å². The van der Waals surface area contributed by atoms with Crippen molar-refractivity contribution in [1.29, 1.82) is 0 Å². The number of hydrogen-bond acceptors (Lipinski definition) is 4. The normalized spacial score (nSPS) is 22.7. The number of carboxylic acids is 1. The maximum atomic E-state index is 10.9. The summed E-state index contributed by atoms with van der Waals surface area (Å²) in [7, 11) is 0. The van der Waals surface area contributed by atoms with Crippen LogP contribution in [0.2, 0.25) is 0 Å². The Bertz CT molecular complexity index is 241. The van der Waals surface area contributed by atoms with Crippen molar-refractivity contribution in [3.8, 4) is 0 Å². The van der Waals surface area contributed by atoms with Crippen LogP contribution >= 0.6 is 0 Å². The summed E-state index contributed by atoms with van der Waals surface area (Å²) in [6.45, 7) is 2.29. The van der Waals surface area contributed by atoms with Gasteiger partial charge in [0.1, 0.15) is 12.2 Å². The third-order valence-corrected chi connectivity index (χ3v) is 1.55. The summed E-state index contributed by atoms with van der Waals surface area (Å²) in [4.78, 5) is 20.9. The summed E-state index contributed by atoms with van der Waals surface area (Å²) in [6, 6.07) is 0. The second-order valence-electron chi connectivity index (χ2n) is 2.69. The van der Waals surface area contributed by atoms with E-state index in [1.165, 1.54) is 0 Å². The predicted octanol–water partition coefficient (Wildman–Crippen LogP) is -0.0423. The predicted molar refractivity (Wildman–Crippen MR) is 42.1 cm³/mol. The molecule has 0 aromatic rings. The minimum Gasteiger partial charge on any atom is -0.478 e. The molecule has 2 atom stereocenters. The van der Waals surface area contributed by atoms with Crippen molar-refractivity contribution in [1.82, 2.24) is 0 Å². The molecule has 1 aliphatic heterocycles. The molecule has 0 radical (unpaired) electrons. The lowest BCUT2D eigenvalue weighted by Gasteiger charge is -2.07. The van der Waals surface area contributed by atoms with Crippen LogP contribution in [-0.4, -0.2) is 35.9 Å². The number of carbonyl (C=O) groups is 2. The van der Waals surface area contributed by atoms with Crippen LogP contribution in [0.4, 0.5) is 0 Å². The van der Waals surface area contributed by atoms with E-state index in [1.807, 2.05) is 0 Å². The zero-order valence-corrected chi connectivity index (χ0v) is 7.10. The first-order valence-electron chi connectivity index (χ1n) is 3.83. The topological polar surface area (TPSA) is 76.1 Å². The van der Waals surface area contributed by atoms with Crippen molar-refractivity contribution < 1.29 is 24.2 Å². The fraction of sp³-hybridized carbons (Fsp3) is 0.500. The molecule has 72 valence electrons. The first-order chi connectivity index (χ1) is 6.09. The van der Waals surface area contributed by atoms with E-state index >= 15 is 0 Å². The summed E-state index contributed by atoms with van der Waals surface area (Å²) in [6.07, 6.45) is 1.28. The van der Waals surface area contributed by atoms with E-state index in [0.29, 0.717) is 6.61 Å². The number of aliphatic carboxylic acids is 1. The first-order valence-corrected chi connectivity index (χ1v) is 3.83. The smallest absolute Gasteiger partial charge is 0.331 e. The van der Waals surface area contributed by atoms with Crippen LogP contribution in [0.1, 0.15) is 6.92 Å². The van der Waals surface area contributed by atoms with Crippen LogP contribution in [0.3, 0.4) is 0 Å². The number of carboxylic acid groups (broad SMARTS) is 1. The van der Waals surface area contributed by atoms with Gasteiger partial charge in [0, 0.05) is 12.2 Å². The van der Waals surface area contributed by atoms with Crippen molar-refractivity contribution in [2.45, 2.75) is 19.1 Å². The van der Waals surface area contributed by atoms with Gasteiger partial charge in [0.2, 0.25) is 0 Å². The Balaban J connectivity index is 2.27. The second-order valence-corrected chi connectivity index (χ2v) is 2.69. The van der Waals surface area contributed by atoms with Crippen molar-refractivity contribution in [2.75, 3.05) is 6.61 Å². The van der Waals surface area contributed by atoms with Gasteiger partial charge in [-0.1, -0.05) is 0 Å². The van der Waals surface area contributed by atoms with E-state index < -0.39 is 11.9 Å². The SMILES string of the molecule is CC(OC(=O)C=CC(=O)O)C1CO1. The Morgan fingerprint density at radius 2 is 2.23 bits per heavy atom. The quantitative estimate of drug-likeness (QED) is 0.378. The Morgan fingerprint density at radius 3 is 2.69 bits per heavy atom. The summed E-state index contributed by atoms with van der Waals surface area (Å²) in [5, 5.41) is 8.20. The number of epoxide rings is 1. The molecule has 5 heteroatoms. The highest BCUT2D eigenvalue weighted by Crippen LogP contribution is 2.16. The molecule has 1 heterocycles. The van der Waals surface area contributed by atoms with Crippen molar-refractivity contribution in [3.05, 3.63) is 12.2 Å². The molecule has 1 aliphatic rings. The molecule has 0 aromatic heterocycles. The van der Waals surface area contributed by atoms with E-state index in [-0.39, 0.29) is 12.2 Å². The molecule has 1 fully saturated rings. The lowest BCUT2D eigenvalue weighted by atomic mass is 10.3. The maximum Gasteiger partial charge on any atom is 0.331 e. The minimum absolute atomic E-state index is 0.0258. The molecule has 2 unspecified atom stereocenters. The molecule has 1 rings (SSSR count). The number of rotatable bonds is 4. The second kappa shape index (κ2) is 4.04. The molecule has 1 N–H and O–H groups in total. The third-order valence-electron chi connectivity index (χ3n) is 1.55. The highest BCUT2D eigenvalue weighted by Gasteiger charge is 2.31. The zero-order chi connectivity index (χ0) is 9.84. The van der Waals surface area contributed by atoms with Crippen molar-refractivity contribution in [3.63, 3.8) is 0 Å². The largest absolute Gasteiger partial charge is 0.478 e. The molecule has 0 bridgehead atoms. The molecular weight excluding hydrogens is 176 g/mol. The van der Waals surface area contributed by atoms with Gasteiger partial charge in [-0.3, -0.25) is 0 Å².